The largest absolute Gasteiger partial charge is 0.336 e. The van der Waals surface area contributed by atoms with Crippen molar-refractivity contribution in [2.75, 3.05) is 37.7 Å². The summed E-state index contributed by atoms with van der Waals surface area (Å²) in [6, 6.07) is -0.733. The summed E-state index contributed by atoms with van der Waals surface area (Å²) in [7, 11) is 0. The Morgan fingerprint density at radius 1 is 1.02 bits per heavy atom. The SMILES string of the molecule is C=CC(=O)N1CCN(C2NC(=O)N3C4NC(C(F)CC42)C2C(F)CCCC2SCCCCSC2CCNC(C(C)C)C23)[C@H](C)C1. The summed E-state index contributed by atoms with van der Waals surface area (Å²) in [4.78, 5) is 33.0. The van der Waals surface area contributed by atoms with Crippen LogP contribution in [0.3, 0.4) is 0 Å². The van der Waals surface area contributed by atoms with Gasteiger partial charge in [0.1, 0.15) is 12.3 Å². The number of alkyl halides is 2. The van der Waals surface area contributed by atoms with Gasteiger partial charge < -0.3 is 20.4 Å². The lowest BCUT2D eigenvalue weighted by molar-refractivity contribution is -0.131. The number of carbonyl (C=O) groups excluding carboxylic acids is 2. The van der Waals surface area contributed by atoms with Crippen LogP contribution in [-0.2, 0) is 4.79 Å². The zero-order chi connectivity index (χ0) is 31.8. The molecule has 0 aromatic heterocycles. The summed E-state index contributed by atoms with van der Waals surface area (Å²) in [5.74, 6) is 1.62. The minimum atomic E-state index is -1.21. The van der Waals surface area contributed by atoms with E-state index in [1.807, 2.05) is 28.4 Å². The number of hydrogen-bond acceptors (Lipinski definition) is 7. The van der Waals surface area contributed by atoms with E-state index >= 15 is 8.78 Å². The van der Waals surface area contributed by atoms with Crippen LogP contribution < -0.4 is 16.0 Å². The molecule has 12 heteroatoms. The Morgan fingerprint density at radius 3 is 2.49 bits per heavy atom. The maximum atomic E-state index is 16.7. The quantitative estimate of drug-likeness (QED) is 0.389. The van der Waals surface area contributed by atoms with Crippen molar-refractivity contribution < 1.29 is 18.4 Å². The van der Waals surface area contributed by atoms with Gasteiger partial charge in [0, 0.05) is 60.1 Å². The number of carbonyl (C=O) groups is 2. The Labute approximate surface area is 277 Å². The number of piperazine rings is 1. The fraction of sp³-hybridized carbons (Fsp3) is 0.879. The standard InChI is InChI=1S/C33H54F2N6O2S2/c1-5-26(42)39-13-14-40(20(4)18-39)31-21-17-23(35)29-27-22(34)9-8-10-24(27)44-15-6-7-16-45-25-11-12-36-28(19(2)3)30(25)41(32(21)37-29)33(43)38-31/h5,19-25,27-32,36-37H,1,6-18H2,2-4H3,(H,38,43)/t20-,21?,22?,23?,24?,25?,27?,28?,29?,30?,31?,32?/m1/s1. The van der Waals surface area contributed by atoms with Crippen LogP contribution in [0.4, 0.5) is 13.6 Å². The van der Waals surface area contributed by atoms with Gasteiger partial charge in [0.15, 0.2) is 0 Å². The van der Waals surface area contributed by atoms with Gasteiger partial charge in [-0.05, 0) is 81.9 Å². The second kappa shape index (κ2) is 14.6. The molecule has 3 amide bonds. The van der Waals surface area contributed by atoms with Crippen molar-refractivity contribution >= 4 is 35.5 Å². The molecule has 1 aliphatic carbocycles. The van der Waals surface area contributed by atoms with Crippen LogP contribution in [0.5, 0.6) is 0 Å². The number of hydrogen-bond donors (Lipinski definition) is 3. The van der Waals surface area contributed by atoms with Crippen molar-refractivity contribution in [1.29, 1.82) is 0 Å². The van der Waals surface area contributed by atoms with E-state index in [-0.39, 0.29) is 59.1 Å². The highest BCUT2D eigenvalue weighted by atomic mass is 32.2. The molecule has 6 fully saturated rings. The highest BCUT2D eigenvalue weighted by Crippen LogP contribution is 2.45. The van der Waals surface area contributed by atoms with Crippen molar-refractivity contribution in [3.05, 3.63) is 12.7 Å². The molecule has 0 aromatic rings. The van der Waals surface area contributed by atoms with Crippen LogP contribution >= 0.6 is 23.5 Å². The maximum absolute atomic E-state index is 16.7. The predicted octanol–water partition coefficient (Wildman–Crippen LogP) is 4.22. The molecular weight excluding hydrogens is 615 g/mol. The highest BCUT2D eigenvalue weighted by Gasteiger charge is 2.57. The van der Waals surface area contributed by atoms with Crippen LogP contribution in [0, 0.1) is 17.8 Å². The third-order valence-corrected chi connectivity index (χ3v) is 14.4. The summed E-state index contributed by atoms with van der Waals surface area (Å²) in [6.45, 7) is 12.7. The fourth-order valence-electron chi connectivity index (χ4n) is 9.23. The smallest absolute Gasteiger partial charge is 0.320 e. The van der Waals surface area contributed by atoms with Gasteiger partial charge >= 0.3 is 6.03 Å². The number of fused-ring (bicyclic) bond motifs is 5. The van der Waals surface area contributed by atoms with Crippen molar-refractivity contribution in [3.63, 3.8) is 0 Å². The maximum Gasteiger partial charge on any atom is 0.320 e. The predicted molar refractivity (Wildman–Crippen MR) is 180 cm³/mol. The first-order chi connectivity index (χ1) is 21.7. The molecule has 2 bridgehead atoms. The molecule has 0 radical (unpaired) electrons. The molecule has 5 saturated heterocycles. The van der Waals surface area contributed by atoms with Crippen molar-refractivity contribution in [2.24, 2.45) is 17.8 Å². The second-order valence-corrected chi connectivity index (χ2v) is 17.2. The summed E-state index contributed by atoms with van der Waals surface area (Å²) in [5.41, 5.74) is 0. The average Bonchev–Trinajstić information content (AvgIpc) is 3.02. The van der Waals surface area contributed by atoms with E-state index in [1.165, 1.54) is 6.08 Å². The topological polar surface area (TPSA) is 80.0 Å². The van der Waals surface area contributed by atoms with Crippen LogP contribution in [-0.4, -0.2) is 124 Å². The number of piperidine rings is 2. The van der Waals surface area contributed by atoms with E-state index in [4.69, 9.17) is 0 Å². The zero-order valence-corrected chi connectivity index (χ0v) is 28.8. The van der Waals surface area contributed by atoms with Gasteiger partial charge in [-0.1, -0.05) is 20.4 Å². The third kappa shape index (κ3) is 6.78. The second-order valence-electron chi connectivity index (χ2n) is 14.5. The minimum absolute atomic E-state index is 0.0220. The molecule has 11 unspecified atom stereocenters. The van der Waals surface area contributed by atoms with Crippen LogP contribution in [0.2, 0.25) is 0 Å². The molecule has 3 N–H and O–H groups in total. The molecule has 5 aliphatic heterocycles. The van der Waals surface area contributed by atoms with Gasteiger partial charge in [-0.2, -0.15) is 23.5 Å². The van der Waals surface area contributed by atoms with Gasteiger partial charge in [0.2, 0.25) is 5.91 Å². The summed E-state index contributed by atoms with van der Waals surface area (Å²) in [6.07, 6.45) is 4.00. The van der Waals surface area contributed by atoms with Crippen LogP contribution in [0.15, 0.2) is 12.7 Å². The Morgan fingerprint density at radius 2 is 1.78 bits per heavy atom. The van der Waals surface area contributed by atoms with Gasteiger partial charge in [-0.25, -0.2) is 13.6 Å². The lowest BCUT2D eigenvalue weighted by atomic mass is 9.74. The van der Waals surface area contributed by atoms with Gasteiger partial charge in [-0.3, -0.25) is 15.0 Å². The first-order valence-electron chi connectivity index (χ1n) is 17.5. The Kier molecular flexibility index (Phi) is 11.0. The molecule has 6 rings (SSSR count). The van der Waals surface area contributed by atoms with Gasteiger partial charge in [0.25, 0.3) is 0 Å². The molecule has 1 saturated carbocycles. The summed E-state index contributed by atoms with van der Waals surface area (Å²) >= 11 is 3.85. The third-order valence-electron chi connectivity index (χ3n) is 11.4. The summed E-state index contributed by atoms with van der Waals surface area (Å²) < 4.78 is 32.6. The first kappa shape index (κ1) is 33.8. The van der Waals surface area contributed by atoms with E-state index in [0.717, 1.165) is 50.2 Å². The number of thioether (sulfide) groups is 2. The minimum Gasteiger partial charge on any atom is -0.336 e. The molecule has 8 nitrogen and oxygen atoms in total. The first-order valence-corrected chi connectivity index (χ1v) is 19.6. The van der Waals surface area contributed by atoms with E-state index in [0.29, 0.717) is 32.0 Å². The molecule has 6 aliphatic rings. The zero-order valence-electron chi connectivity index (χ0n) is 27.2. The van der Waals surface area contributed by atoms with Crippen molar-refractivity contribution in [3.8, 4) is 0 Å². The van der Waals surface area contributed by atoms with Crippen molar-refractivity contribution in [1.82, 2.24) is 30.7 Å². The number of rotatable bonds is 3. The number of amides is 3. The molecule has 45 heavy (non-hydrogen) atoms. The fourth-order valence-corrected chi connectivity index (χ4v) is 12.3. The Hall–Kier alpha value is -1.08. The normalized spacial score (nSPS) is 43.5. The van der Waals surface area contributed by atoms with E-state index in [1.54, 1.807) is 4.90 Å². The molecule has 0 aromatic carbocycles. The van der Waals surface area contributed by atoms with E-state index < -0.39 is 30.5 Å². The van der Waals surface area contributed by atoms with E-state index in [9.17, 15) is 9.59 Å². The number of nitrogens with one attached hydrogen (secondary N) is 3. The monoisotopic (exact) mass is 668 g/mol. The number of urea groups is 1. The molecule has 0 spiro atoms. The van der Waals surface area contributed by atoms with Crippen LogP contribution in [0.1, 0.15) is 65.7 Å². The van der Waals surface area contributed by atoms with Crippen LogP contribution in [0.25, 0.3) is 0 Å². The number of nitrogens with zero attached hydrogens (tertiary/aromatic N) is 3. The van der Waals surface area contributed by atoms with Gasteiger partial charge in [-0.15, -0.1) is 0 Å². The lowest BCUT2D eigenvalue weighted by Crippen LogP contribution is -2.80. The van der Waals surface area contributed by atoms with Crippen molar-refractivity contribution in [2.45, 2.75) is 125 Å². The number of halogens is 2. The molecule has 254 valence electrons. The summed E-state index contributed by atoms with van der Waals surface area (Å²) in [5, 5.41) is 11.2. The van der Waals surface area contributed by atoms with Gasteiger partial charge in [0.05, 0.1) is 18.4 Å². The lowest BCUT2D eigenvalue weighted by Gasteiger charge is -2.60. The molecule has 12 atom stereocenters. The average molecular weight is 669 g/mol. The van der Waals surface area contributed by atoms with E-state index in [2.05, 4.69) is 48.2 Å². The molecule has 5 heterocycles. The Bertz CT molecular complexity index is 1070. The molecular formula is C33H54F2N6O2S2. The highest BCUT2D eigenvalue weighted by molar-refractivity contribution is 8.00. The Balaban J connectivity index is 1.38.